The van der Waals surface area contributed by atoms with Crippen LogP contribution in [0.5, 0.6) is 0 Å². The number of nitrogens with zero attached hydrogens (tertiary/aromatic N) is 1. The Bertz CT molecular complexity index is 1920. The van der Waals surface area contributed by atoms with Crippen LogP contribution in [-0.2, 0) is 28.8 Å². The summed E-state index contributed by atoms with van der Waals surface area (Å²) in [5.41, 5.74) is 18.0. The van der Waals surface area contributed by atoms with Crippen LogP contribution in [0.15, 0.2) is 126 Å². The van der Waals surface area contributed by atoms with Crippen LogP contribution in [0.25, 0.3) is 0 Å². The van der Waals surface area contributed by atoms with Gasteiger partial charge in [-0.3, -0.25) is 33.8 Å². The highest BCUT2D eigenvalue weighted by molar-refractivity contribution is 5.98. The third kappa shape index (κ3) is 15.2. The molecule has 4 aromatic carbocycles. The van der Waals surface area contributed by atoms with Gasteiger partial charge in [0.15, 0.2) is 11.6 Å². The molecule has 16 heteroatoms. The van der Waals surface area contributed by atoms with Crippen molar-refractivity contribution in [2.24, 2.45) is 22.2 Å². The van der Waals surface area contributed by atoms with E-state index in [4.69, 9.17) is 22.3 Å². The second-order valence-corrected chi connectivity index (χ2v) is 15.0. The summed E-state index contributed by atoms with van der Waals surface area (Å²) in [5.74, 6) is -5.95. The number of rotatable bonds is 24. The highest BCUT2D eigenvalue weighted by Gasteiger charge is 2.40. The van der Waals surface area contributed by atoms with Crippen molar-refractivity contribution < 1.29 is 33.9 Å². The molecule has 0 unspecified atom stereocenters. The largest absolute Gasteiger partial charge is 0.480 e. The number of nitrogens with two attached hydrogens (primary N) is 3. The summed E-state index contributed by atoms with van der Waals surface area (Å²) in [5, 5.41) is 22.3. The number of benzene rings is 4. The number of hydrogen-bond acceptors (Lipinski definition) is 8. The van der Waals surface area contributed by atoms with Gasteiger partial charge >= 0.3 is 5.97 Å². The van der Waals surface area contributed by atoms with E-state index >= 15 is 0 Å². The van der Waals surface area contributed by atoms with Crippen LogP contribution in [0.3, 0.4) is 0 Å². The molecule has 4 rings (SSSR count). The van der Waals surface area contributed by atoms with E-state index in [1.807, 2.05) is 121 Å². The number of guanidine groups is 1. The van der Waals surface area contributed by atoms with Crippen LogP contribution in [0.4, 0.5) is 0 Å². The first kappa shape index (κ1) is 47.6. The maximum Gasteiger partial charge on any atom is 0.322 e. The zero-order valence-electron chi connectivity index (χ0n) is 34.8. The van der Waals surface area contributed by atoms with Crippen molar-refractivity contribution >= 4 is 41.5 Å². The lowest BCUT2D eigenvalue weighted by molar-refractivity contribution is -0.140. The number of carbonyl (C=O) groups is 6. The van der Waals surface area contributed by atoms with Gasteiger partial charge in [-0.15, -0.1) is 0 Å². The molecular weight excluding hydrogens is 791 g/mol. The SMILES string of the molecule is CC(NC(=O)CC(c1ccccc1)c1ccccc1)(NC(=O)CC(c1ccccc1)c1ccccc1)C(=O)N[C@@H](CCCN=C(N)N)C(=O)N[C@@H](CCCN)C(=O)NCC(=O)O. The van der Waals surface area contributed by atoms with Crippen molar-refractivity contribution in [2.45, 2.75) is 75.0 Å². The van der Waals surface area contributed by atoms with Gasteiger partial charge < -0.3 is 48.9 Å². The van der Waals surface area contributed by atoms with Crippen molar-refractivity contribution in [1.29, 1.82) is 0 Å². The number of carboxylic acids is 1. The Morgan fingerprint density at radius 3 is 1.40 bits per heavy atom. The zero-order chi connectivity index (χ0) is 44.9. The minimum absolute atomic E-state index is 0.0408. The lowest BCUT2D eigenvalue weighted by atomic mass is 9.87. The zero-order valence-corrected chi connectivity index (χ0v) is 34.8. The number of aliphatic carboxylic acids is 1. The van der Waals surface area contributed by atoms with Gasteiger partial charge in [0, 0.05) is 31.2 Å². The first-order chi connectivity index (χ1) is 29.8. The fourth-order valence-corrected chi connectivity index (χ4v) is 7.00. The van der Waals surface area contributed by atoms with Gasteiger partial charge in [0.1, 0.15) is 18.6 Å². The topological polar surface area (TPSA) is 273 Å². The van der Waals surface area contributed by atoms with E-state index in [2.05, 4.69) is 31.6 Å². The fourth-order valence-electron chi connectivity index (χ4n) is 7.00. The van der Waals surface area contributed by atoms with Gasteiger partial charge in [0.25, 0.3) is 5.91 Å². The molecule has 0 aliphatic carbocycles. The molecular formula is C46H57N9O7. The minimum atomic E-state index is -2.12. The van der Waals surface area contributed by atoms with Crippen LogP contribution < -0.4 is 43.8 Å². The molecule has 0 radical (unpaired) electrons. The van der Waals surface area contributed by atoms with Crippen molar-refractivity contribution in [3.05, 3.63) is 144 Å². The van der Waals surface area contributed by atoms with E-state index < -0.39 is 71.6 Å². The summed E-state index contributed by atoms with van der Waals surface area (Å²) in [7, 11) is 0. The van der Waals surface area contributed by atoms with E-state index in [1.165, 1.54) is 6.92 Å². The van der Waals surface area contributed by atoms with Gasteiger partial charge in [-0.25, -0.2) is 0 Å². The fraction of sp³-hybridized carbons (Fsp3) is 0.326. The summed E-state index contributed by atoms with van der Waals surface area (Å²) in [6, 6.07) is 35.1. The molecule has 0 aliphatic rings. The van der Waals surface area contributed by atoms with Crippen molar-refractivity contribution in [1.82, 2.24) is 26.6 Å². The number of carboxylic acid groups (broad SMARTS) is 1. The third-order valence-corrected chi connectivity index (χ3v) is 10.1. The molecule has 0 heterocycles. The predicted molar refractivity (Wildman–Crippen MR) is 236 cm³/mol. The van der Waals surface area contributed by atoms with Crippen molar-refractivity contribution in [3.8, 4) is 0 Å². The van der Waals surface area contributed by atoms with Crippen molar-refractivity contribution in [2.75, 3.05) is 19.6 Å². The quantitative estimate of drug-likeness (QED) is 0.0215. The summed E-state index contributed by atoms with van der Waals surface area (Å²) in [6.45, 7) is 0.925. The third-order valence-electron chi connectivity index (χ3n) is 10.1. The van der Waals surface area contributed by atoms with Crippen LogP contribution in [0.1, 0.15) is 79.5 Å². The Morgan fingerprint density at radius 2 is 1.02 bits per heavy atom. The molecule has 12 N–H and O–H groups in total. The minimum Gasteiger partial charge on any atom is -0.480 e. The van der Waals surface area contributed by atoms with E-state index in [1.54, 1.807) is 0 Å². The van der Waals surface area contributed by atoms with Gasteiger partial charge in [-0.05, 0) is 61.4 Å². The van der Waals surface area contributed by atoms with Crippen LogP contribution in [0, 0.1) is 0 Å². The Balaban J connectivity index is 1.69. The highest BCUT2D eigenvalue weighted by atomic mass is 16.4. The van der Waals surface area contributed by atoms with E-state index in [0.29, 0.717) is 6.42 Å². The standard InChI is InChI=1S/C46H57N9O7/c1-46(54-39(56)28-35(31-16-6-2-7-17-31)32-18-8-3-9-19-32,55-40(57)29-36(33-20-10-4-11-21-33)34-22-12-5-13-23-34)44(62)53-38(25-15-27-50-45(48)49)43(61)52-37(24-14-26-47)42(60)51-30-41(58)59/h2-13,16-23,35-38H,14-15,24-30,47H2,1H3,(H,51,60)(H,52,61)(H,53,62)(H,54,56)(H,55,57)(H,58,59)(H4,48,49,50)/t37-,38-/m0/s1. The second-order valence-electron chi connectivity index (χ2n) is 15.0. The first-order valence-corrected chi connectivity index (χ1v) is 20.5. The Hall–Kier alpha value is -7.07. The molecule has 4 aromatic rings. The number of nitrogens with one attached hydrogen (secondary N) is 5. The molecule has 0 aliphatic heterocycles. The van der Waals surface area contributed by atoms with Gasteiger partial charge in [0.2, 0.25) is 23.6 Å². The smallest absolute Gasteiger partial charge is 0.322 e. The van der Waals surface area contributed by atoms with Crippen molar-refractivity contribution in [3.63, 3.8) is 0 Å². The highest BCUT2D eigenvalue weighted by Crippen LogP contribution is 2.30. The molecule has 0 spiro atoms. The molecule has 0 aromatic heterocycles. The summed E-state index contributed by atoms with van der Waals surface area (Å²) >= 11 is 0. The molecule has 62 heavy (non-hydrogen) atoms. The molecule has 0 saturated heterocycles. The molecule has 328 valence electrons. The Labute approximate surface area is 361 Å². The van der Waals surface area contributed by atoms with E-state index in [9.17, 15) is 28.8 Å². The average Bonchev–Trinajstić information content (AvgIpc) is 3.27. The van der Waals surface area contributed by atoms with Gasteiger partial charge in [-0.2, -0.15) is 0 Å². The molecule has 0 bridgehead atoms. The molecule has 0 saturated carbocycles. The Morgan fingerprint density at radius 1 is 0.613 bits per heavy atom. The van der Waals surface area contributed by atoms with E-state index in [0.717, 1.165) is 22.3 Å². The summed E-state index contributed by atoms with van der Waals surface area (Å²) in [4.78, 5) is 85.3. The normalized spacial score (nSPS) is 12.1. The maximum absolute atomic E-state index is 14.7. The summed E-state index contributed by atoms with van der Waals surface area (Å²) in [6.07, 6.45) is 0.306. The molecule has 5 amide bonds. The number of carbonyl (C=O) groups excluding carboxylic acids is 5. The number of hydrogen-bond donors (Lipinski definition) is 9. The van der Waals surface area contributed by atoms with Crippen LogP contribution in [-0.4, -0.2) is 84.0 Å². The maximum atomic E-state index is 14.7. The number of aliphatic imine (C=N–C) groups is 1. The number of amides is 5. The monoisotopic (exact) mass is 847 g/mol. The molecule has 0 fully saturated rings. The van der Waals surface area contributed by atoms with Crippen LogP contribution >= 0.6 is 0 Å². The second kappa shape index (κ2) is 24.3. The molecule has 2 atom stereocenters. The summed E-state index contributed by atoms with van der Waals surface area (Å²) < 4.78 is 0. The van der Waals surface area contributed by atoms with Gasteiger partial charge in [-0.1, -0.05) is 121 Å². The lowest BCUT2D eigenvalue weighted by Crippen LogP contribution is -2.68. The molecule has 16 nitrogen and oxygen atoms in total. The first-order valence-electron chi connectivity index (χ1n) is 20.5. The van der Waals surface area contributed by atoms with E-state index in [-0.39, 0.29) is 51.2 Å². The lowest BCUT2D eigenvalue weighted by Gasteiger charge is -2.33. The average molecular weight is 848 g/mol. The van der Waals surface area contributed by atoms with Gasteiger partial charge in [0.05, 0.1) is 0 Å². The predicted octanol–water partition coefficient (Wildman–Crippen LogP) is 2.34. The van der Waals surface area contributed by atoms with Crippen LogP contribution in [0.2, 0.25) is 0 Å². The Kier molecular flexibility index (Phi) is 18.6.